The zero-order valence-corrected chi connectivity index (χ0v) is 13.7. The normalized spacial score (nSPS) is 12.2. The Morgan fingerprint density at radius 1 is 0.905 bits per heavy atom. The van der Waals surface area contributed by atoms with E-state index in [2.05, 4.69) is 45.0 Å². The SMILES string of the molecule is CCc1cc(CC)c2o[p+](=O)c3cc(CC)ccc3c2c1. The number of benzene rings is 2. The van der Waals surface area contributed by atoms with E-state index in [-0.39, 0.29) is 0 Å². The molecule has 0 amide bonds. The van der Waals surface area contributed by atoms with Gasteiger partial charge in [-0.15, -0.1) is 0 Å². The van der Waals surface area contributed by atoms with E-state index in [1.165, 1.54) is 11.1 Å². The molecule has 1 heterocycles. The molecule has 0 bridgehead atoms. The van der Waals surface area contributed by atoms with Crippen molar-refractivity contribution in [1.29, 1.82) is 0 Å². The first-order valence-electron chi connectivity index (χ1n) is 7.62. The molecule has 0 fully saturated rings. The molecule has 0 saturated heterocycles. The highest BCUT2D eigenvalue weighted by Crippen LogP contribution is 2.38. The fourth-order valence-electron chi connectivity index (χ4n) is 2.84. The molecule has 0 spiro atoms. The van der Waals surface area contributed by atoms with Crippen molar-refractivity contribution in [2.45, 2.75) is 40.0 Å². The van der Waals surface area contributed by atoms with Gasteiger partial charge in [0.1, 0.15) is 0 Å². The molecule has 0 radical (unpaired) electrons. The fourth-order valence-corrected chi connectivity index (χ4v) is 3.98. The third-order valence-electron chi connectivity index (χ3n) is 4.15. The molecule has 1 atom stereocenters. The van der Waals surface area contributed by atoms with Crippen LogP contribution >= 0.6 is 7.65 Å². The maximum absolute atomic E-state index is 12.5. The fraction of sp³-hybridized carbons (Fsp3) is 0.333. The summed E-state index contributed by atoms with van der Waals surface area (Å²) in [7, 11) is -1.80. The Morgan fingerprint density at radius 2 is 1.67 bits per heavy atom. The molecular weight excluding hydrogens is 279 g/mol. The van der Waals surface area contributed by atoms with Crippen LogP contribution in [0.1, 0.15) is 37.5 Å². The lowest BCUT2D eigenvalue weighted by atomic mass is 10.0. The summed E-state index contributed by atoms with van der Waals surface area (Å²) in [5.74, 6) is 0. The molecule has 3 aromatic rings. The van der Waals surface area contributed by atoms with Crippen LogP contribution in [0.4, 0.5) is 0 Å². The molecule has 1 unspecified atom stereocenters. The molecule has 2 nitrogen and oxygen atoms in total. The van der Waals surface area contributed by atoms with Crippen LogP contribution in [0.5, 0.6) is 0 Å². The quantitative estimate of drug-likeness (QED) is 0.554. The second-order valence-electron chi connectivity index (χ2n) is 5.39. The minimum Gasteiger partial charge on any atom is -0.249 e. The predicted molar refractivity (Wildman–Crippen MR) is 89.5 cm³/mol. The van der Waals surface area contributed by atoms with Crippen LogP contribution in [0.15, 0.2) is 34.5 Å². The van der Waals surface area contributed by atoms with Gasteiger partial charge in [0.25, 0.3) is 0 Å². The Bertz CT molecular complexity index is 878. The Hall–Kier alpha value is -1.66. The molecule has 3 heteroatoms. The summed E-state index contributed by atoms with van der Waals surface area (Å²) in [4.78, 5) is 0. The van der Waals surface area contributed by atoms with E-state index >= 15 is 0 Å². The van der Waals surface area contributed by atoms with Crippen molar-refractivity contribution in [3.05, 3.63) is 47.0 Å². The lowest BCUT2D eigenvalue weighted by Crippen LogP contribution is -1.90. The van der Waals surface area contributed by atoms with Gasteiger partial charge in [0.05, 0.1) is 0 Å². The van der Waals surface area contributed by atoms with E-state index in [4.69, 9.17) is 4.20 Å². The van der Waals surface area contributed by atoms with Gasteiger partial charge in [-0.2, -0.15) is 0 Å². The Labute approximate surface area is 125 Å². The number of hydrogen-bond acceptors (Lipinski definition) is 2. The molecule has 2 aromatic carbocycles. The minimum absolute atomic E-state index is 0.813. The monoisotopic (exact) mass is 299 g/mol. The number of fused-ring (bicyclic) bond motifs is 3. The van der Waals surface area contributed by atoms with Gasteiger partial charge < -0.3 is 0 Å². The molecular formula is C18H20O2P+. The molecule has 21 heavy (non-hydrogen) atoms. The molecule has 0 aliphatic carbocycles. The largest absolute Gasteiger partial charge is 0.597 e. The predicted octanol–water partition coefficient (Wildman–Crippen LogP) is 6.02. The van der Waals surface area contributed by atoms with E-state index in [9.17, 15) is 4.57 Å². The first-order chi connectivity index (χ1) is 10.2. The van der Waals surface area contributed by atoms with Crippen LogP contribution in [0.25, 0.3) is 21.5 Å². The summed E-state index contributed by atoms with van der Waals surface area (Å²) in [6, 6.07) is 10.6. The Kier molecular flexibility index (Phi) is 3.82. The maximum Gasteiger partial charge on any atom is 0.597 e. The average molecular weight is 299 g/mol. The maximum atomic E-state index is 12.5. The van der Waals surface area contributed by atoms with Crippen LogP contribution in [0.3, 0.4) is 0 Å². The summed E-state index contributed by atoms with van der Waals surface area (Å²) in [6.07, 6.45) is 2.83. The molecule has 0 N–H and O–H groups in total. The van der Waals surface area contributed by atoms with E-state index in [0.717, 1.165) is 46.3 Å². The van der Waals surface area contributed by atoms with E-state index < -0.39 is 7.65 Å². The van der Waals surface area contributed by atoms with Crippen LogP contribution in [-0.2, 0) is 23.8 Å². The summed E-state index contributed by atoms with van der Waals surface area (Å²) in [6.45, 7) is 6.38. The van der Waals surface area contributed by atoms with Crippen LogP contribution < -0.4 is 0 Å². The standard InChI is InChI=1S/C18H20O2P/c1-4-12-7-8-15-16-10-13(5-2)9-14(6-3)18(16)20-21(19)17(15)11-12/h7-11H,4-6H2,1-3H3/q+1. The van der Waals surface area contributed by atoms with Crippen LogP contribution in [-0.4, -0.2) is 0 Å². The van der Waals surface area contributed by atoms with Gasteiger partial charge in [0.15, 0.2) is 5.58 Å². The van der Waals surface area contributed by atoms with Gasteiger partial charge in [-0.25, -0.2) is 4.20 Å². The summed E-state index contributed by atoms with van der Waals surface area (Å²) in [5.41, 5.74) is 4.47. The van der Waals surface area contributed by atoms with Crippen molar-refractivity contribution in [2.24, 2.45) is 0 Å². The first kappa shape index (κ1) is 14.3. The van der Waals surface area contributed by atoms with Crippen molar-refractivity contribution >= 4 is 29.1 Å². The summed E-state index contributed by atoms with van der Waals surface area (Å²) < 4.78 is 18.3. The molecule has 3 rings (SSSR count). The molecule has 1 aromatic heterocycles. The Balaban J connectivity index is 2.49. The first-order valence-corrected chi connectivity index (χ1v) is 8.80. The molecule has 0 aliphatic heterocycles. The second-order valence-corrected chi connectivity index (χ2v) is 6.57. The van der Waals surface area contributed by atoms with Gasteiger partial charge in [-0.3, -0.25) is 0 Å². The number of aryl methyl sites for hydroxylation is 3. The number of rotatable bonds is 3. The van der Waals surface area contributed by atoms with Crippen LogP contribution in [0, 0.1) is 0 Å². The van der Waals surface area contributed by atoms with Crippen LogP contribution in [0.2, 0.25) is 0 Å². The number of hydrogen-bond donors (Lipinski definition) is 0. The van der Waals surface area contributed by atoms with Crippen molar-refractivity contribution < 1.29 is 8.76 Å². The third-order valence-corrected chi connectivity index (χ3v) is 5.26. The van der Waals surface area contributed by atoms with Crippen molar-refractivity contribution in [1.82, 2.24) is 0 Å². The van der Waals surface area contributed by atoms with E-state index in [1.807, 2.05) is 6.07 Å². The minimum atomic E-state index is -1.80. The van der Waals surface area contributed by atoms with Crippen molar-refractivity contribution in [3.63, 3.8) is 0 Å². The highest BCUT2D eigenvalue weighted by atomic mass is 31.1. The lowest BCUT2D eigenvalue weighted by molar-refractivity contribution is 0.562. The van der Waals surface area contributed by atoms with Gasteiger partial charge in [-0.1, -0.05) is 32.9 Å². The van der Waals surface area contributed by atoms with Crippen molar-refractivity contribution in [2.75, 3.05) is 0 Å². The second kappa shape index (κ2) is 5.61. The zero-order chi connectivity index (χ0) is 15.0. The molecule has 0 aliphatic rings. The summed E-state index contributed by atoms with van der Waals surface area (Å²) in [5, 5.41) is 3.00. The zero-order valence-electron chi connectivity index (χ0n) is 12.8. The highest BCUT2D eigenvalue weighted by Gasteiger charge is 2.19. The van der Waals surface area contributed by atoms with E-state index in [0.29, 0.717) is 0 Å². The average Bonchev–Trinajstić information content (AvgIpc) is 2.53. The smallest absolute Gasteiger partial charge is 0.249 e. The van der Waals surface area contributed by atoms with Crippen molar-refractivity contribution in [3.8, 4) is 0 Å². The van der Waals surface area contributed by atoms with Gasteiger partial charge in [0.2, 0.25) is 5.12 Å². The summed E-state index contributed by atoms with van der Waals surface area (Å²) >= 11 is 0. The van der Waals surface area contributed by atoms with Gasteiger partial charge >= 0.3 is 7.65 Å². The molecule has 0 saturated carbocycles. The Morgan fingerprint density at radius 3 is 2.33 bits per heavy atom. The van der Waals surface area contributed by atoms with Gasteiger partial charge in [-0.05, 0) is 53.2 Å². The van der Waals surface area contributed by atoms with E-state index in [1.54, 1.807) is 0 Å². The topological polar surface area (TPSA) is 30.2 Å². The third kappa shape index (κ3) is 2.38. The molecule has 108 valence electrons. The highest BCUT2D eigenvalue weighted by molar-refractivity contribution is 7.37. The van der Waals surface area contributed by atoms with Gasteiger partial charge in [0, 0.05) is 16.3 Å². The lowest BCUT2D eigenvalue weighted by Gasteiger charge is -2.06.